The number of fused-ring (bicyclic) bond motifs is 3. The van der Waals surface area contributed by atoms with Gasteiger partial charge in [0.1, 0.15) is 23.4 Å². The molecule has 3 heteroatoms. The van der Waals surface area contributed by atoms with E-state index in [1.54, 1.807) is 19.2 Å². The zero-order valence-corrected chi connectivity index (χ0v) is 12.7. The van der Waals surface area contributed by atoms with Crippen LogP contribution in [0.3, 0.4) is 0 Å². The Balaban J connectivity index is 1.75. The summed E-state index contributed by atoms with van der Waals surface area (Å²) in [4.78, 5) is 0. The third-order valence-electron chi connectivity index (χ3n) is 5.05. The molecule has 0 unspecified atom stereocenters. The first-order chi connectivity index (χ1) is 10.8. The average Bonchev–Trinajstić information content (AvgIpc) is 3.04. The number of hydrogen-bond donors (Lipinski definition) is 1. The van der Waals surface area contributed by atoms with Crippen molar-refractivity contribution in [3.05, 3.63) is 53.6 Å². The van der Waals surface area contributed by atoms with Crippen LogP contribution in [0.4, 0.5) is 0 Å². The van der Waals surface area contributed by atoms with Crippen LogP contribution in [-0.2, 0) is 0 Å². The van der Waals surface area contributed by atoms with Crippen LogP contribution in [0.1, 0.15) is 42.4 Å². The summed E-state index contributed by atoms with van der Waals surface area (Å²) in [7, 11) is 1.71. The molecule has 1 fully saturated rings. The number of ether oxygens (including phenoxy) is 2. The summed E-state index contributed by atoms with van der Waals surface area (Å²) < 4.78 is 11.7. The van der Waals surface area contributed by atoms with Crippen LogP contribution in [0.25, 0.3) is 0 Å². The van der Waals surface area contributed by atoms with Crippen LogP contribution >= 0.6 is 0 Å². The van der Waals surface area contributed by atoms with E-state index in [-0.39, 0.29) is 6.10 Å². The second-order valence-electron chi connectivity index (χ2n) is 6.23. The largest absolute Gasteiger partial charge is 0.508 e. The highest BCUT2D eigenvalue weighted by Gasteiger charge is 2.42. The summed E-state index contributed by atoms with van der Waals surface area (Å²) in [6.45, 7) is 0. The van der Waals surface area contributed by atoms with Gasteiger partial charge < -0.3 is 14.6 Å². The summed E-state index contributed by atoms with van der Waals surface area (Å²) in [6.07, 6.45) is 3.72. The highest BCUT2D eigenvalue weighted by atomic mass is 16.5. The molecule has 1 saturated carbocycles. The molecule has 1 N–H and O–H groups in total. The molecule has 0 spiro atoms. The van der Waals surface area contributed by atoms with E-state index in [2.05, 4.69) is 6.07 Å². The second kappa shape index (κ2) is 5.24. The van der Waals surface area contributed by atoms with E-state index < -0.39 is 0 Å². The molecule has 114 valence electrons. The predicted octanol–water partition coefficient (Wildman–Crippen LogP) is 4.42. The molecule has 0 radical (unpaired) electrons. The number of aromatic hydroxyl groups is 1. The van der Waals surface area contributed by atoms with Gasteiger partial charge in [0.05, 0.1) is 7.11 Å². The molecule has 1 aliphatic heterocycles. The molecule has 1 aliphatic carbocycles. The summed E-state index contributed by atoms with van der Waals surface area (Å²) in [6, 6.07) is 13.6. The van der Waals surface area contributed by atoms with Gasteiger partial charge in [0.2, 0.25) is 0 Å². The molecule has 0 saturated heterocycles. The van der Waals surface area contributed by atoms with Gasteiger partial charge in [-0.3, -0.25) is 0 Å². The van der Waals surface area contributed by atoms with Crippen LogP contribution in [0.2, 0.25) is 0 Å². The van der Waals surface area contributed by atoms with Crippen molar-refractivity contribution in [2.75, 3.05) is 7.11 Å². The molecule has 0 bridgehead atoms. The van der Waals surface area contributed by atoms with Crippen molar-refractivity contribution < 1.29 is 14.6 Å². The van der Waals surface area contributed by atoms with Crippen molar-refractivity contribution >= 4 is 0 Å². The molecular weight excluding hydrogens is 276 g/mol. The van der Waals surface area contributed by atoms with Gasteiger partial charge in [-0.05, 0) is 54.7 Å². The fraction of sp³-hybridized carbons (Fsp3) is 0.368. The summed E-state index contributed by atoms with van der Waals surface area (Å²) >= 11 is 0. The van der Waals surface area contributed by atoms with Gasteiger partial charge in [-0.25, -0.2) is 0 Å². The molecule has 2 aromatic rings. The van der Waals surface area contributed by atoms with Crippen molar-refractivity contribution in [2.45, 2.75) is 31.3 Å². The van der Waals surface area contributed by atoms with Crippen molar-refractivity contribution in [1.82, 2.24) is 0 Å². The van der Waals surface area contributed by atoms with Gasteiger partial charge in [0.25, 0.3) is 0 Å². The molecule has 0 amide bonds. The highest BCUT2D eigenvalue weighted by Crippen LogP contribution is 2.54. The van der Waals surface area contributed by atoms with Crippen LogP contribution in [-0.4, -0.2) is 12.2 Å². The normalized spacial score (nSPS) is 26.0. The molecule has 22 heavy (non-hydrogen) atoms. The Labute approximate surface area is 130 Å². The van der Waals surface area contributed by atoms with E-state index in [1.807, 2.05) is 24.3 Å². The Morgan fingerprint density at radius 3 is 2.68 bits per heavy atom. The van der Waals surface area contributed by atoms with Crippen LogP contribution in [0, 0.1) is 5.92 Å². The molecule has 2 aliphatic rings. The van der Waals surface area contributed by atoms with Crippen molar-refractivity contribution in [2.24, 2.45) is 5.92 Å². The van der Waals surface area contributed by atoms with Gasteiger partial charge in [-0.2, -0.15) is 0 Å². The summed E-state index contributed by atoms with van der Waals surface area (Å²) in [5.74, 6) is 3.22. The van der Waals surface area contributed by atoms with Crippen LogP contribution < -0.4 is 9.47 Å². The Hall–Kier alpha value is -2.16. The van der Waals surface area contributed by atoms with E-state index in [0.29, 0.717) is 17.6 Å². The molecule has 3 atom stereocenters. The fourth-order valence-electron chi connectivity index (χ4n) is 3.99. The lowest BCUT2D eigenvalue weighted by Crippen LogP contribution is -2.26. The van der Waals surface area contributed by atoms with E-state index in [9.17, 15) is 5.11 Å². The number of benzene rings is 2. The monoisotopic (exact) mass is 296 g/mol. The molecule has 1 heterocycles. The maximum Gasteiger partial charge on any atom is 0.127 e. The van der Waals surface area contributed by atoms with Gasteiger partial charge in [0, 0.05) is 11.5 Å². The first kappa shape index (κ1) is 13.5. The maximum absolute atomic E-state index is 9.50. The van der Waals surface area contributed by atoms with E-state index in [4.69, 9.17) is 9.47 Å². The zero-order chi connectivity index (χ0) is 15.1. The number of hydrogen-bond acceptors (Lipinski definition) is 3. The topological polar surface area (TPSA) is 38.7 Å². The SMILES string of the molecule is COc1ccc2c(c1)[C@H]1CCC[C@H]1[C@@H](c1ccc(O)cc1)O2. The fourth-order valence-corrected chi connectivity index (χ4v) is 3.99. The third-order valence-corrected chi connectivity index (χ3v) is 5.05. The minimum Gasteiger partial charge on any atom is -0.508 e. The smallest absolute Gasteiger partial charge is 0.127 e. The van der Waals surface area contributed by atoms with Crippen molar-refractivity contribution in [3.63, 3.8) is 0 Å². The van der Waals surface area contributed by atoms with Crippen molar-refractivity contribution in [1.29, 1.82) is 0 Å². The summed E-state index contributed by atoms with van der Waals surface area (Å²) in [5.41, 5.74) is 2.44. The Morgan fingerprint density at radius 1 is 1.09 bits per heavy atom. The van der Waals surface area contributed by atoms with Crippen LogP contribution in [0.15, 0.2) is 42.5 Å². The lowest BCUT2D eigenvalue weighted by Gasteiger charge is -2.36. The Kier molecular flexibility index (Phi) is 3.21. The van der Waals surface area contributed by atoms with E-state index in [1.165, 1.54) is 24.8 Å². The van der Waals surface area contributed by atoms with Crippen LogP contribution in [0.5, 0.6) is 17.2 Å². The number of phenols is 1. The van der Waals surface area contributed by atoms with E-state index >= 15 is 0 Å². The zero-order valence-electron chi connectivity index (χ0n) is 12.7. The highest BCUT2D eigenvalue weighted by molar-refractivity contribution is 5.46. The quantitative estimate of drug-likeness (QED) is 0.891. The van der Waals surface area contributed by atoms with Gasteiger partial charge in [-0.1, -0.05) is 18.6 Å². The van der Waals surface area contributed by atoms with Crippen molar-refractivity contribution in [3.8, 4) is 17.2 Å². The first-order valence-electron chi connectivity index (χ1n) is 7.90. The molecule has 0 aromatic heterocycles. The Bertz CT molecular complexity index is 678. The van der Waals surface area contributed by atoms with Gasteiger partial charge in [0.15, 0.2) is 0 Å². The lowest BCUT2D eigenvalue weighted by atomic mass is 9.80. The molecule has 4 rings (SSSR count). The number of rotatable bonds is 2. The lowest BCUT2D eigenvalue weighted by molar-refractivity contribution is 0.104. The second-order valence-corrected chi connectivity index (χ2v) is 6.23. The standard InChI is InChI=1S/C19H20O3/c1-21-14-9-10-18-17(11-14)15-3-2-4-16(15)19(22-18)12-5-7-13(20)8-6-12/h5-11,15-16,19-20H,2-4H2,1H3/t15-,16+,19+/m0/s1. The van der Waals surface area contributed by atoms with Gasteiger partial charge >= 0.3 is 0 Å². The number of methoxy groups -OCH3 is 1. The van der Waals surface area contributed by atoms with Gasteiger partial charge in [-0.15, -0.1) is 0 Å². The predicted molar refractivity (Wildman–Crippen MR) is 84.6 cm³/mol. The molecule has 3 nitrogen and oxygen atoms in total. The average molecular weight is 296 g/mol. The maximum atomic E-state index is 9.50. The Morgan fingerprint density at radius 2 is 1.91 bits per heavy atom. The third kappa shape index (κ3) is 2.12. The molecular formula is C19H20O3. The van der Waals surface area contributed by atoms with E-state index in [0.717, 1.165) is 17.1 Å². The molecule has 2 aromatic carbocycles. The number of phenolic OH excluding ortho intramolecular Hbond substituents is 1. The minimum absolute atomic E-state index is 0.0778. The minimum atomic E-state index is 0.0778. The first-order valence-corrected chi connectivity index (χ1v) is 7.90. The summed E-state index contributed by atoms with van der Waals surface area (Å²) in [5, 5.41) is 9.50.